The number of nitrogens with one attached hydrogen (secondary N) is 1. The number of carbonyl (C=O) groups is 1. The number of hydrogen-bond donors (Lipinski definition) is 1. The van der Waals surface area contributed by atoms with Crippen LogP contribution in [0, 0.1) is 5.92 Å². The van der Waals surface area contributed by atoms with Gasteiger partial charge in [-0.2, -0.15) is 4.98 Å². The second-order valence-electron chi connectivity index (χ2n) is 6.88. The molecule has 0 spiro atoms. The molecular formula is C19H25ClN4O2. The zero-order chi connectivity index (χ0) is 18.5. The molecule has 6 nitrogen and oxygen atoms in total. The normalized spacial score (nSPS) is 19.3. The van der Waals surface area contributed by atoms with Gasteiger partial charge < -0.3 is 9.84 Å². The molecule has 2 atom stereocenters. The second-order valence-corrected chi connectivity index (χ2v) is 7.29. The van der Waals surface area contributed by atoms with Crippen LogP contribution in [0.15, 0.2) is 28.8 Å². The zero-order valence-electron chi connectivity index (χ0n) is 15.2. The molecule has 2 aromatic rings. The first-order valence-electron chi connectivity index (χ1n) is 9.17. The maximum atomic E-state index is 12.4. The summed E-state index contributed by atoms with van der Waals surface area (Å²) in [7, 11) is 0. The van der Waals surface area contributed by atoms with Gasteiger partial charge >= 0.3 is 0 Å². The quantitative estimate of drug-likeness (QED) is 0.835. The molecule has 140 valence electrons. The van der Waals surface area contributed by atoms with Crippen LogP contribution in [0.1, 0.15) is 39.0 Å². The number of amides is 1. The van der Waals surface area contributed by atoms with Gasteiger partial charge in [0, 0.05) is 18.2 Å². The number of halogens is 1. The first-order chi connectivity index (χ1) is 12.6. The Balaban J connectivity index is 1.61. The number of carbonyl (C=O) groups excluding carboxylic acids is 1. The van der Waals surface area contributed by atoms with Crippen LogP contribution in [0.25, 0.3) is 11.4 Å². The highest BCUT2D eigenvalue weighted by Gasteiger charge is 2.27. The highest BCUT2D eigenvalue weighted by atomic mass is 35.5. The molecule has 1 N–H and O–H groups in total. The van der Waals surface area contributed by atoms with Crippen LogP contribution in [0.3, 0.4) is 0 Å². The van der Waals surface area contributed by atoms with Gasteiger partial charge in [0.05, 0.1) is 17.5 Å². The average Bonchev–Trinajstić information content (AvgIpc) is 3.10. The van der Waals surface area contributed by atoms with Gasteiger partial charge in [0.2, 0.25) is 17.6 Å². The molecule has 2 heterocycles. The van der Waals surface area contributed by atoms with Crippen LogP contribution in [0.5, 0.6) is 0 Å². The lowest BCUT2D eigenvalue weighted by Gasteiger charge is -2.31. The van der Waals surface area contributed by atoms with Gasteiger partial charge in [-0.1, -0.05) is 35.8 Å². The number of benzene rings is 1. The van der Waals surface area contributed by atoms with Crippen molar-refractivity contribution in [2.45, 2.75) is 45.7 Å². The Morgan fingerprint density at radius 1 is 1.46 bits per heavy atom. The van der Waals surface area contributed by atoms with Crippen molar-refractivity contribution in [2.24, 2.45) is 5.92 Å². The molecule has 1 aromatic heterocycles. The van der Waals surface area contributed by atoms with E-state index in [-0.39, 0.29) is 17.9 Å². The number of piperidine rings is 1. The summed E-state index contributed by atoms with van der Waals surface area (Å²) in [4.78, 5) is 19.1. The zero-order valence-corrected chi connectivity index (χ0v) is 16.0. The number of aromatic nitrogens is 2. The molecule has 1 aliphatic rings. The third-order valence-electron chi connectivity index (χ3n) is 4.82. The Kier molecular flexibility index (Phi) is 6.27. The standard InChI is InChI=1S/C19H25ClN4O2/c1-3-13(2)21-19(25)14-7-6-10-24(11-14)12-17-22-18(23-26-17)15-8-4-5-9-16(15)20/h4-5,8-9,13-14H,3,6-7,10-12H2,1-2H3,(H,21,25). The van der Waals surface area contributed by atoms with Crippen molar-refractivity contribution in [3.8, 4) is 11.4 Å². The van der Waals surface area contributed by atoms with Crippen molar-refractivity contribution in [3.63, 3.8) is 0 Å². The molecule has 1 aliphatic heterocycles. The molecule has 0 radical (unpaired) electrons. The predicted molar refractivity (Wildman–Crippen MR) is 101 cm³/mol. The first-order valence-corrected chi connectivity index (χ1v) is 9.54. The fraction of sp³-hybridized carbons (Fsp3) is 0.526. The number of hydrogen-bond acceptors (Lipinski definition) is 5. The molecule has 0 saturated carbocycles. The molecule has 26 heavy (non-hydrogen) atoms. The van der Waals surface area contributed by atoms with E-state index in [4.69, 9.17) is 16.1 Å². The minimum atomic E-state index is 0.0173. The monoisotopic (exact) mass is 376 g/mol. The van der Waals surface area contributed by atoms with Crippen molar-refractivity contribution < 1.29 is 9.32 Å². The van der Waals surface area contributed by atoms with E-state index in [0.29, 0.717) is 29.8 Å². The molecule has 1 aromatic carbocycles. The van der Waals surface area contributed by atoms with E-state index < -0.39 is 0 Å². The van der Waals surface area contributed by atoms with Crippen molar-refractivity contribution in [1.82, 2.24) is 20.4 Å². The lowest BCUT2D eigenvalue weighted by atomic mass is 9.96. The largest absolute Gasteiger partial charge is 0.353 e. The highest BCUT2D eigenvalue weighted by Crippen LogP contribution is 2.25. The molecular weight excluding hydrogens is 352 g/mol. The van der Waals surface area contributed by atoms with Crippen LogP contribution in [0.4, 0.5) is 0 Å². The van der Waals surface area contributed by atoms with Crippen LogP contribution < -0.4 is 5.32 Å². The summed E-state index contributed by atoms with van der Waals surface area (Å²) < 4.78 is 5.39. The van der Waals surface area contributed by atoms with E-state index in [9.17, 15) is 4.79 Å². The third kappa shape index (κ3) is 4.62. The Hall–Kier alpha value is -1.92. The Morgan fingerprint density at radius 3 is 3.04 bits per heavy atom. The summed E-state index contributed by atoms with van der Waals surface area (Å²) in [5, 5.41) is 7.72. The molecule has 1 fully saturated rings. The van der Waals surface area contributed by atoms with E-state index in [1.165, 1.54) is 0 Å². The SMILES string of the molecule is CCC(C)NC(=O)C1CCCN(Cc2nc(-c3ccccc3Cl)no2)C1. The summed E-state index contributed by atoms with van der Waals surface area (Å²) in [6.07, 6.45) is 2.85. The Morgan fingerprint density at radius 2 is 2.27 bits per heavy atom. The molecule has 7 heteroatoms. The minimum absolute atomic E-state index is 0.0173. The van der Waals surface area contributed by atoms with Crippen molar-refractivity contribution in [1.29, 1.82) is 0 Å². The summed E-state index contributed by atoms with van der Waals surface area (Å²) in [5.41, 5.74) is 0.758. The lowest BCUT2D eigenvalue weighted by Crippen LogP contribution is -2.44. The molecule has 3 rings (SSSR count). The number of likely N-dealkylation sites (tertiary alicyclic amines) is 1. The van der Waals surface area contributed by atoms with Crippen molar-refractivity contribution in [3.05, 3.63) is 35.2 Å². The van der Waals surface area contributed by atoms with Crippen LogP contribution >= 0.6 is 11.6 Å². The summed E-state index contributed by atoms with van der Waals surface area (Å²) in [6.45, 7) is 6.30. The van der Waals surface area contributed by atoms with Crippen molar-refractivity contribution >= 4 is 17.5 Å². The van der Waals surface area contributed by atoms with E-state index in [2.05, 4.69) is 27.3 Å². The molecule has 0 bridgehead atoms. The molecule has 1 amide bonds. The van der Waals surface area contributed by atoms with Gasteiger partial charge in [-0.15, -0.1) is 0 Å². The van der Waals surface area contributed by atoms with Crippen molar-refractivity contribution in [2.75, 3.05) is 13.1 Å². The van der Waals surface area contributed by atoms with Gasteiger partial charge in [-0.25, -0.2) is 0 Å². The van der Waals surface area contributed by atoms with Gasteiger partial charge in [0.25, 0.3) is 0 Å². The van der Waals surface area contributed by atoms with E-state index >= 15 is 0 Å². The van der Waals surface area contributed by atoms with E-state index in [1.54, 1.807) is 6.07 Å². The second kappa shape index (κ2) is 8.64. The maximum Gasteiger partial charge on any atom is 0.241 e. The number of nitrogens with zero attached hydrogens (tertiary/aromatic N) is 3. The molecule has 1 saturated heterocycles. The highest BCUT2D eigenvalue weighted by molar-refractivity contribution is 6.33. The topological polar surface area (TPSA) is 71.3 Å². The van der Waals surface area contributed by atoms with Gasteiger partial charge in [-0.05, 0) is 44.9 Å². The van der Waals surface area contributed by atoms with Crippen LogP contribution in [-0.2, 0) is 11.3 Å². The maximum absolute atomic E-state index is 12.4. The van der Waals surface area contributed by atoms with Crippen LogP contribution in [0.2, 0.25) is 5.02 Å². The Bertz CT molecular complexity index is 749. The predicted octanol–water partition coefficient (Wildman–Crippen LogP) is 3.52. The third-order valence-corrected chi connectivity index (χ3v) is 5.15. The van der Waals surface area contributed by atoms with Crippen LogP contribution in [-0.4, -0.2) is 40.1 Å². The minimum Gasteiger partial charge on any atom is -0.353 e. The fourth-order valence-electron chi connectivity index (χ4n) is 3.14. The molecule has 0 aliphatic carbocycles. The summed E-state index contributed by atoms with van der Waals surface area (Å²) >= 11 is 6.19. The summed E-state index contributed by atoms with van der Waals surface area (Å²) in [5.74, 6) is 1.20. The van der Waals surface area contributed by atoms with Gasteiger partial charge in [-0.3, -0.25) is 9.69 Å². The average molecular weight is 377 g/mol. The van der Waals surface area contributed by atoms with E-state index in [1.807, 2.05) is 25.1 Å². The lowest BCUT2D eigenvalue weighted by molar-refractivity contribution is -0.127. The fourth-order valence-corrected chi connectivity index (χ4v) is 3.36. The van der Waals surface area contributed by atoms with Gasteiger partial charge in [0.15, 0.2) is 0 Å². The van der Waals surface area contributed by atoms with E-state index in [0.717, 1.165) is 31.4 Å². The summed E-state index contributed by atoms with van der Waals surface area (Å²) in [6, 6.07) is 7.64. The first kappa shape index (κ1) is 18.9. The number of rotatable bonds is 6. The van der Waals surface area contributed by atoms with Gasteiger partial charge in [0.1, 0.15) is 0 Å². The smallest absolute Gasteiger partial charge is 0.241 e. The Labute approximate surface area is 158 Å². The molecule has 2 unspecified atom stereocenters.